The molecule has 0 saturated carbocycles. The first-order valence-corrected chi connectivity index (χ1v) is 9.82. The molecule has 1 fully saturated rings. The Balaban J connectivity index is 2.88. The Morgan fingerprint density at radius 2 is 1.30 bits per heavy atom. The summed E-state index contributed by atoms with van der Waals surface area (Å²) in [6.45, 7) is 0. The summed E-state index contributed by atoms with van der Waals surface area (Å²) < 4.78 is 0.414. The second-order valence-electron chi connectivity index (χ2n) is 2.64. The molecule has 12 radical (unpaired) electrons. The monoisotopic (exact) mass is 322 g/mol. The van der Waals surface area contributed by atoms with Gasteiger partial charge in [0, 0.05) is 0 Å². The van der Waals surface area contributed by atoms with Gasteiger partial charge in [-0.05, 0) is 0 Å². The van der Waals surface area contributed by atoms with E-state index in [1.807, 2.05) is 0 Å². The van der Waals surface area contributed by atoms with Crippen LogP contribution < -0.4 is 0 Å². The van der Waals surface area contributed by atoms with Crippen LogP contribution in [0, 0.1) is 0 Å². The first kappa shape index (κ1) is 9.96. The van der Waals surface area contributed by atoms with E-state index >= 15 is 0 Å². The molecular formula is C4H4Si5Te. The van der Waals surface area contributed by atoms with E-state index < -0.39 is 5.86 Å². The predicted molar refractivity (Wildman–Crippen MR) is 49.1 cm³/mol. The first-order valence-electron chi connectivity index (χ1n) is 2.91. The van der Waals surface area contributed by atoms with Gasteiger partial charge in [0.1, 0.15) is 0 Å². The molecule has 46 valence electrons. The minimum atomic E-state index is -0.445. The first-order chi connectivity index (χ1) is 4.36. The topological polar surface area (TPSA) is 0 Å². The van der Waals surface area contributed by atoms with Crippen molar-refractivity contribution >= 4 is 67.8 Å². The van der Waals surface area contributed by atoms with Crippen LogP contribution in [0.2, 0.25) is 8.57 Å². The van der Waals surface area contributed by atoms with Crippen LogP contribution in [0.5, 0.6) is 0 Å². The van der Waals surface area contributed by atoms with Crippen LogP contribution in [0.4, 0.5) is 0 Å². The molecular weight excluding hydrogens is 316 g/mol. The number of hydrogen-bond donors (Lipinski definition) is 0. The summed E-state index contributed by atoms with van der Waals surface area (Å²) in [7, 11) is 14.9. The van der Waals surface area contributed by atoms with Crippen molar-refractivity contribution in [1.29, 1.82) is 0 Å². The van der Waals surface area contributed by atoms with Gasteiger partial charge in [0.15, 0.2) is 0 Å². The molecule has 0 aromatic rings. The molecule has 1 aliphatic rings. The summed E-state index contributed by atoms with van der Waals surface area (Å²) >= 11 is 2.23. The zero-order valence-electron chi connectivity index (χ0n) is 5.32. The second-order valence-corrected chi connectivity index (χ2v) is 14.9. The van der Waals surface area contributed by atoms with Crippen LogP contribution in [0.3, 0.4) is 0 Å². The Bertz CT molecular complexity index is 156. The van der Waals surface area contributed by atoms with E-state index in [2.05, 4.69) is 61.9 Å². The maximum atomic E-state index is 3.73. The molecule has 1 rings (SSSR count). The molecule has 0 amide bonds. The molecule has 6 heteroatoms. The Hall–Kier alpha value is 1.87. The Labute approximate surface area is 88.6 Å². The van der Waals surface area contributed by atoms with Gasteiger partial charge in [-0.15, -0.1) is 0 Å². The maximum absolute atomic E-state index is 3.73. The van der Waals surface area contributed by atoms with E-state index in [-0.39, 0.29) is 8.57 Å². The second kappa shape index (κ2) is 2.98. The summed E-state index contributed by atoms with van der Waals surface area (Å²) in [5.41, 5.74) is 0. The average Bonchev–Trinajstić information content (AvgIpc) is 1.95. The van der Waals surface area contributed by atoms with E-state index in [9.17, 15) is 0 Å². The molecule has 0 atom stereocenters. The van der Waals surface area contributed by atoms with E-state index in [0.29, 0.717) is 0 Å². The van der Waals surface area contributed by atoms with Crippen molar-refractivity contribution in [1.82, 2.24) is 0 Å². The molecule has 1 saturated heterocycles. The van der Waals surface area contributed by atoms with E-state index in [1.165, 1.54) is 12.8 Å². The van der Waals surface area contributed by atoms with Crippen molar-refractivity contribution in [3.63, 3.8) is 0 Å². The molecule has 0 aliphatic carbocycles. The normalized spacial score (nSPS) is 29.0. The third-order valence-corrected chi connectivity index (χ3v) is 20.4. The van der Waals surface area contributed by atoms with E-state index in [0.717, 1.165) is 0 Å². The van der Waals surface area contributed by atoms with Gasteiger partial charge in [-0.25, -0.2) is 0 Å². The van der Waals surface area contributed by atoms with Gasteiger partial charge in [0.25, 0.3) is 0 Å². The fourth-order valence-corrected chi connectivity index (χ4v) is 8.71. The average molecular weight is 320 g/mol. The van der Waals surface area contributed by atoms with Gasteiger partial charge in [0.2, 0.25) is 0 Å². The molecule has 1 aliphatic heterocycles. The van der Waals surface area contributed by atoms with Crippen molar-refractivity contribution < 1.29 is 0 Å². The van der Waals surface area contributed by atoms with Gasteiger partial charge < -0.3 is 0 Å². The Morgan fingerprint density at radius 3 is 1.40 bits per heavy atom. The van der Waals surface area contributed by atoms with Crippen LogP contribution in [0.1, 0.15) is 12.8 Å². The summed E-state index contributed by atoms with van der Waals surface area (Å²) in [6.07, 6.45) is 2.36. The van der Waals surface area contributed by atoms with Gasteiger partial charge in [-0.1, -0.05) is 0 Å². The zero-order valence-corrected chi connectivity index (χ0v) is 12.7. The molecule has 0 aromatic heterocycles. The van der Waals surface area contributed by atoms with Gasteiger partial charge in [-0.3, -0.25) is 0 Å². The summed E-state index contributed by atoms with van der Waals surface area (Å²) in [6, 6.07) is 0. The van der Waals surface area contributed by atoms with Crippen molar-refractivity contribution in [3.8, 4) is 0 Å². The van der Waals surface area contributed by atoms with Crippen molar-refractivity contribution in [2.45, 2.75) is 21.4 Å². The molecule has 0 nitrogen and oxygen atoms in total. The van der Waals surface area contributed by atoms with Crippen LogP contribution >= 0.6 is 0 Å². The molecule has 1 heterocycles. The Kier molecular flexibility index (Phi) is 2.96. The molecule has 0 spiro atoms. The fourth-order valence-electron chi connectivity index (χ4n) is 0.966. The number of hydrogen-bond acceptors (Lipinski definition) is 0. The third-order valence-electron chi connectivity index (χ3n) is 1.65. The quantitative estimate of drug-likeness (QED) is 0.499. The summed E-state index contributed by atoms with van der Waals surface area (Å²) in [5.74, 6) is -0.445. The van der Waals surface area contributed by atoms with E-state index in [4.69, 9.17) is 0 Å². The summed E-state index contributed by atoms with van der Waals surface area (Å²) in [5, 5.41) is 0. The van der Waals surface area contributed by atoms with Crippen LogP contribution in [-0.4, -0.2) is 67.8 Å². The molecule has 10 heavy (non-hydrogen) atoms. The molecule has 0 aromatic carbocycles. The Morgan fingerprint density at radius 1 is 1.00 bits per heavy atom. The van der Waals surface area contributed by atoms with Crippen LogP contribution in [-0.2, 0) is 0 Å². The predicted octanol–water partition coefficient (Wildman–Crippen LogP) is -1.08. The fraction of sp³-hybridized carbons (Fsp3) is 1.00. The number of rotatable bonds is 0. The van der Waals surface area contributed by atoms with Gasteiger partial charge in [-0.2, -0.15) is 0 Å². The van der Waals surface area contributed by atoms with Crippen LogP contribution in [0.25, 0.3) is 0 Å². The van der Waals surface area contributed by atoms with Gasteiger partial charge >= 0.3 is 89.2 Å². The van der Waals surface area contributed by atoms with Crippen molar-refractivity contribution in [2.24, 2.45) is 0 Å². The summed E-state index contributed by atoms with van der Waals surface area (Å²) in [4.78, 5) is 0. The SMILES string of the molecule is [Si]C1([Si])CCC([Si])([Si])[Si]1=[Te]. The third kappa shape index (κ3) is 1.78. The minimum absolute atomic E-state index is 0.207. The van der Waals surface area contributed by atoms with Crippen molar-refractivity contribution in [3.05, 3.63) is 0 Å². The molecule has 0 bridgehead atoms. The van der Waals surface area contributed by atoms with Crippen molar-refractivity contribution in [2.75, 3.05) is 0 Å². The zero-order chi connectivity index (χ0) is 7.99. The standard InChI is InChI=1S/C4H4Si5Te/c5-3(6)1-2-4(7,8)9(3)10/h1-2H2. The van der Waals surface area contributed by atoms with Crippen LogP contribution in [0.15, 0.2) is 0 Å². The van der Waals surface area contributed by atoms with Gasteiger partial charge in [0.05, 0.1) is 0 Å². The molecule has 0 unspecified atom stereocenters. The molecule has 0 N–H and O–H groups in total. The van der Waals surface area contributed by atoms with E-state index in [1.54, 1.807) is 0 Å².